The molecule has 134 valence electrons. The maximum Gasteiger partial charge on any atom is 0.236 e. The molecule has 2 aliphatic heterocycles. The Kier molecular flexibility index (Phi) is 5.92. The molecule has 0 radical (unpaired) electrons. The number of hydrogen-bond acceptors (Lipinski definition) is 5. The van der Waals surface area contributed by atoms with E-state index in [1.165, 1.54) is 0 Å². The van der Waals surface area contributed by atoms with E-state index in [1.807, 2.05) is 4.90 Å². The van der Waals surface area contributed by atoms with Crippen molar-refractivity contribution in [3.63, 3.8) is 0 Å². The minimum atomic E-state index is -0.580. The van der Waals surface area contributed by atoms with Gasteiger partial charge in [-0.25, -0.2) is 0 Å². The molecule has 1 unspecified atom stereocenters. The highest BCUT2D eigenvalue weighted by atomic mass is 16.4. The lowest BCUT2D eigenvalue weighted by Crippen LogP contribution is -2.51. The molecule has 3 rings (SSSR count). The molecule has 0 spiro atoms. The number of hydrogen-bond donors (Lipinski definition) is 1. The number of β-amino-alcohol motifs (C(OH)–C–C–N with tert-alkyl or cyclic N) is 1. The Hall–Kier alpha value is -1.37. The summed E-state index contributed by atoms with van der Waals surface area (Å²) in [6.07, 6.45) is 3.26. The third kappa shape index (κ3) is 4.59. The summed E-state index contributed by atoms with van der Waals surface area (Å²) in [6, 6.07) is 3.60. The van der Waals surface area contributed by atoms with Gasteiger partial charge in [0.25, 0.3) is 0 Å². The van der Waals surface area contributed by atoms with E-state index >= 15 is 0 Å². The van der Waals surface area contributed by atoms with Crippen LogP contribution in [0.1, 0.15) is 31.6 Å². The van der Waals surface area contributed by atoms with Crippen LogP contribution in [0.3, 0.4) is 0 Å². The van der Waals surface area contributed by atoms with E-state index in [0.717, 1.165) is 58.0 Å². The predicted molar refractivity (Wildman–Crippen MR) is 91.5 cm³/mol. The minimum Gasteiger partial charge on any atom is -0.467 e. The molecule has 2 fully saturated rings. The zero-order chi connectivity index (χ0) is 16.9. The number of piperazine rings is 1. The second-order valence-electron chi connectivity index (χ2n) is 7.17. The molecule has 0 saturated carbocycles. The molecule has 1 N–H and O–H groups in total. The average molecular weight is 335 g/mol. The van der Waals surface area contributed by atoms with Crippen molar-refractivity contribution in [2.45, 2.75) is 25.9 Å². The number of furan rings is 1. The number of aliphatic hydroxyl groups is 1. The number of aliphatic hydroxyl groups excluding tert-OH is 1. The van der Waals surface area contributed by atoms with Gasteiger partial charge in [0, 0.05) is 45.8 Å². The molecular weight excluding hydrogens is 306 g/mol. The van der Waals surface area contributed by atoms with Crippen LogP contribution in [-0.2, 0) is 4.79 Å². The summed E-state index contributed by atoms with van der Waals surface area (Å²) in [6.45, 7) is 8.71. The number of amides is 1. The van der Waals surface area contributed by atoms with Gasteiger partial charge in [-0.2, -0.15) is 0 Å². The Labute approximate surface area is 144 Å². The van der Waals surface area contributed by atoms with E-state index in [4.69, 9.17) is 4.42 Å². The first-order valence-electron chi connectivity index (χ1n) is 9.06. The monoisotopic (exact) mass is 335 g/mol. The number of piperidine rings is 1. The van der Waals surface area contributed by atoms with Crippen molar-refractivity contribution in [1.82, 2.24) is 14.7 Å². The van der Waals surface area contributed by atoms with Crippen molar-refractivity contribution in [2.75, 3.05) is 52.4 Å². The first-order valence-corrected chi connectivity index (χ1v) is 9.06. The molecule has 24 heavy (non-hydrogen) atoms. The Balaban J connectivity index is 1.38. The van der Waals surface area contributed by atoms with Crippen molar-refractivity contribution in [1.29, 1.82) is 0 Å². The molecule has 2 aliphatic rings. The first-order chi connectivity index (χ1) is 11.6. The molecule has 0 bridgehead atoms. The molecule has 2 saturated heterocycles. The number of carbonyl (C=O) groups is 1. The molecule has 1 aromatic rings. The third-order valence-electron chi connectivity index (χ3n) is 5.26. The van der Waals surface area contributed by atoms with Gasteiger partial charge in [-0.3, -0.25) is 14.6 Å². The van der Waals surface area contributed by atoms with Crippen LogP contribution in [0.5, 0.6) is 0 Å². The molecule has 1 aromatic heterocycles. The summed E-state index contributed by atoms with van der Waals surface area (Å²) in [5.74, 6) is 1.64. The normalized spacial score (nSPS) is 22.7. The average Bonchev–Trinajstić information content (AvgIpc) is 3.12. The summed E-state index contributed by atoms with van der Waals surface area (Å²) in [5.41, 5.74) is 0. The lowest BCUT2D eigenvalue weighted by Gasteiger charge is -2.37. The van der Waals surface area contributed by atoms with Crippen LogP contribution in [0.15, 0.2) is 22.8 Å². The van der Waals surface area contributed by atoms with Gasteiger partial charge in [0.15, 0.2) is 0 Å². The topological polar surface area (TPSA) is 60.2 Å². The van der Waals surface area contributed by atoms with Crippen molar-refractivity contribution in [3.8, 4) is 0 Å². The van der Waals surface area contributed by atoms with Gasteiger partial charge in [0.05, 0.1) is 12.8 Å². The van der Waals surface area contributed by atoms with E-state index in [2.05, 4.69) is 16.7 Å². The molecule has 1 amide bonds. The summed E-state index contributed by atoms with van der Waals surface area (Å²) in [4.78, 5) is 18.9. The second-order valence-corrected chi connectivity index (χ2v) is 7.17. The second kappa shape index (κ2) is 8.14. The number of likely N-dealkylation sites (tertiary alicyclic amines) is 1. The lowest BCUT2D eigenvalue weighted by atomic mass is 9.99. The SMILES string of the molecule is CC1CCN(C(=O)CN2CCN(CC(O)c3ccco3)CC2)CC1. The van der Waals surface area contributed by atoms with Crippen LogP contribution >= 0.6 is 0 Å². The van der Waals surface area contributed by atoms with Crippen LogP contribution in [0, 0.1) is 5.92 Å². The summed E-state index contributed by atoms with van der Waals surface area (Å²) < 4.78 is 5.25. The van der Waals surface area contributed by atoms with Crippen LogP contribution in [-0.4, -0.2) is 78.1 Å². The number of rotatable bonds is 5. The maximum atomic E-state index is 12.4. The van der Waals surface area contributed by atoms with Crippen LogP contribution in [0.2, 0.25) is 0 Å². The highest BCUT2D eigenvalue weighted by Crippen LogP contribution is 2.17. The predicted octanol–water partition coefficient (Wildman–Crippen LogP) is 1.19. The molecule has 3 heterocycles. The summed E-state index contributed by atoms with van der Waals surface area (Å²) in [7, 11) is 0. The fourth-order valence-electron chi connectivity index (χ4n) is 3.49. The lowest BCUT2D eigenvalue weighted by molar-refractivity contribution is -0.134. The van der Waals surface area contributed by atoms with Crippen molar-refractivity contribution < 1.29 is 14.3 Å². The van der Waals surface area contributed by atoms with Gasteiger partial charge < -0.3 is 14.4 Å². The fourth-order valence-corrected chi connectivity index (χ4v) is 3.49. The van der Waals surface area contributed by atoms with Crippen LogP contribution in [0.4, 0.5) is 0 Å². The standard InChI is InChI=1S/C18H29N3O3/c1-15-4-6-21(7-5-15)18(23)14-20-10-8-19(9-11-20)13-16(22)17-3-2-12-24-17/h2-3,12,15-16,22H,4-11,13-14H2,1H3. The van der Waals surface area contributed by atoms with Gasteiger partial charge in [-0.05, 0) is 30.9 Å². The Morgan fingerprint density at radius 2 is 1.88 bits per heavy atom. The van der Waals surface area contributed by atoms with Crippen molar-refractivity contribution >= 4 is 5.91 Å². The molecule has 0 aromatic carbocycles. The van der Waals surface area contributed by atoms with E-state index in [9.17, 15) is 9.90 Å². The van der Waals surface area contributed by atoms with E-state index < -0.39 is 6.10 Å². The minimum absolute atomic E-state index is 0.269. The Bertz CT molecular complexity index is 504. The van der Waals surface area contributed by atoms with Gasteiger partial charge in [-0.15, -0.1) is 0 Å². The quantitative estimate of drug-likeness (QED) is 0.876. The van der Waals surface area contributed by atoms with E-state index in [1.54, 1.807) is 18.4 Å². The van der Waals surface area contributed by atoms with Crippen LogP contribution in [0.25, 0.3) is 0 Å². The molecule has 1 atom stereocenters. The van der Waals surface area contributed by atoms with E-state index in [-0.39, 0.29) is 5.91 Å². The Morgan fingerprint density at radius 3 is 2.50 bits per heavy atom. The zero-order valence-corrected chi connectivity index (χ0v) is 14.6. The molecule has 6 heteroatoms. The smallest absolute Gasteiger partial charge is 0.236 e. The summed E-state index contributed by atoms with van der Waals surface area (Å²) >= 11 is 0. The zero-order valence-electron chi connectivity index (χ0n) is 14.6. The summed E-state index contributed by atoms with van der Waals surface area (Å²) in [5, 5.41) is 10.2. The maximum absolute atomic E-state index is 12.4. The van der Waals surface area contributed by atoms with Gasteiger partial charge in [0.2, 0.25) is 5.91 Å². The first kappa shape index (κ1) is 17.5. The molecule has 0 aliphatic carbocycles. The van der Waals surface area contributed by atoms with Crippen LogP contribution < -0.4 is 0 Å². The van der Waals surface area contributed by atoms with Crippen molar-refractivity contribution in [3.05, 3.63) is 24.2 Å². The largest absolute Gasteiger partial charge is 0.467 e. The highest BCUT2D eigenvalue weighted by molar-refractivity contribution is 5.78. The Morgan fingerprint density at radius 1 is 1.21 bits per heavy atom. The highest BCUT2D eigenvalue weighted by Gasteiger charge is 2.25. The van der Waals surface area contributed by atoms with Crippen molar-refractivity contribution in [2.24, 2.45) is 5.92 Å². The van der Waals surface area contributed by atoms with Gasteiger partial charge >= 0.3 is 0 Å². The van der Waals surface area contributed by atoms with Gasteiger partial charge in [-0.1, -0.05) is 6.92 Å². The van der Waals surface area contributed by atoms with E-state index in [0.29, 0.717) is 18.8 Å². The third-order valence-corrected chi connectivity index (χ3v) is 5.26. The molecular formula is C18H29N3O3. The van der Waals surface area contributed by atoms with Gasteiger partial charge in [0.1, 0.15) is 11.9 Å². The number of nitrogens with zero attached hydrogens (tertiary/aromatic N) is 3. The number of carbonyl (C=O) groups excluding carboxylic acids is 1. The fraction of sp³-hybridized carbons (Fsp3) is 0.722. The molecule has 6 nitrogen and oxygen atoms in total.